The van der Waals surface area contributed by atoms with Gasteiger partial charge in [0.2, 0.25) is 5.79 Å². The zero-order valence-electron chi connectivity index (χ0n) is 26.7. The van der Waals surface area contributed by atoms with Crippen molar-refractivity contribution in [3.05, 3.63) is 101 Å². The van der Waals surface area contributed by atoms with Crippen molar-refractivity contribution in [1.29, 1.82) is 0 Å². The Morgan fingerprint density at radius 3 is 2.15 bits per heavy atom. The smallest absolute Gasteiger partial charge is 0.331 e. The number of amides is 3. The summed E-state index contributed by atoms with van der Waals surface area (Å²) in [6, 6.07) is 20.3. The first kappa shape index (κ1) is 32.3. The van der Waals surface area contributed by atoms with Crippen molar-refractivity contribution in [2.45, 2.75) is 31.4 Å². The summed E-state index contributed by atoms with van der Waals surface area (Å²) in [5.74, 6) is -0.566. The van der Waals surface area contributed by atoms with Gasteiger partial charge in [-0.15, -0.1) is 0 Å². The lowest BCUT2D eigenvalue weighted by Crippen LogP contribution is -2.46. The number of hydrogen-bond donors (Lipinski definition) is 0. The SMILES string of the molecule is CC1C(=O)N(c2ccc(N3CCN(c4ccc(OC[C@@H]5CO[C@@](Cn6ccnc6)(c6ccc(Cl)cc6Cl)O5)cc4)CC3)cc2)C(=O)N1C. The number of imidazole rings is 1. The number of likely N-dealkylation sites (N-methyl/N-ethyl adjacent to an activating group) is 1. The number of nitrogens with zero attached hydrogens (tertiary/aromatic N) is 6. The first-order valence-corrected chi connectivity index (χ1v) is 16.6. The number of anilines is 3. The Bertz CT molecular complexity index is 1750. The van der Waals surface area contributed by atoms with Crippen LogP contribution < -0.4 is 19.4 Å². The van der Waals surface area contributed by atoms with Gasteiger partial charge in [0.1, 0.15) is 24.5 Å². The van der Waals surface area contributed by atoms with Crippen LogP contribution in [0.5, 0.6) is 5.75 Å². The molecule has 11 nitrogen and oxygen atoms in total. The van der Waals surface area contributed by atoms with Crippen LogP contribution in [0.2, 0.25) is 10.0 Å². The molecule has 4 heterocycles. The summed E-state index contributed by atoms with van der Waals surface area (Å²) in [5, 5.41) is 1.00. The van der Waals surface area contributed by atoms with E-state index in [1.807, 2.05) is 53.2 Å². The van der Waals surface area contributed by atoms with Crippen LogP contribution in [-0.2, 0) is 26.6 Å². The van der Waals surface area contributed by atoms with Crippen LogP contribution in [0, 0.1) is 0 Å². The van der Waals surface area contributed by atoms with Crippen molar-refractivity contribution in [3.8, 4) is 5.75 Å². The Hall–Kier alpha value is -4.29. The topological polar surface area (TPSA) is 92.6 Å². The van der Waals surface area contributed by atoms with Gasteiger partial charge in [-0.05, 0) is 67.6 Å². The second-order valence-electron chi connectivity index (χ2n) is 12.2. The number of aromatic nitrogens is 2. The fourth-order valence-corrected chi connectivity index (χ4v) is 6.91. The van der Waals surface area contributed by atoms with E-state index in [4.69, 9.17) is 37.4 Å². The molecule has 0 N–H and O–H groups in total. The highest BCUT2D eigenvalue weighted by molar-refractivity contribution is 6.35. The summed E-state index contributed by atoms with van der Waals surface area (Å²) < 4.78 is 20.8. The summed E-state index contributed by atoms with van der Waals surface area (Å²) in [6.45, 7) is 6.15. The molecule has 3 aliphatic heterocycles. The van der Waals surface area contributed by atoms with Crippen LogP contribution in [0.15, 0.2) is 85.5 Å². The number of imide groups is 1. The quantitative estimate of drug-likeness (QED) is 0.208. The number of piperazine rings is 1. The van der Waals surface area contributed by atoms with Crippen molar-refractivity contribution in [2.24, 2.45) is 0 Å². The Morgan fingerprint density at radius 2 is 1.56 bits per heavy atom. The van der Waals surface area contributed by atoms with Gasteiger partial charge in [0, 0.05) is 67.6 Å². The highest BCUT2D eigenvalue weighted by atomic mass is 35.5. The molecular weight excluding hydrogens is 655 g/mol. The molecule has 13 heteroatoms. The lowest BCUT2D eigenvalue weighted by molar-refractivity contribution is -0.189. The third kappa shape index (κ3) is 6.30. The van der Waals surface area contributed by atoms with Crippen LogP contribution in [-0.4, -0.2) is 85.0 Å². The predicted octanol–water partition coefficient (Wildman–Crippen LogP) is 5.65. The largest absolute Gasteiger partial charge is 0.491 e. The third-order valence-electron chi connectivity index (χ3n) is 9.19. The van der Waals surface area contributed by atoms with E-state index >= 15 is 0 Å². The van der Waals surface area contributed by atoms with Crippen LogP contribution in [0.3, 0.4) is 0 Å². The first-order valence-electron chi connectivity index (χ1n) is 15.9. The van der Waals surface area contributed by atoms with Gasteiger partial charge in [-0.3, -0.25) is 4.79 Å². The van der Waals surface area contributed by atoms with Crippen molar-refractivity contribution >= 4 is 52.2 Å². The van der Waals surface area contributed by atoms with E-state index in [0.29, 0.717) is 41.1 Å². The number of rotatable bonds is 9. The zero-order chi connectivity index (χ0) is 33.4. The molecule has 0 spiro atoms. The number of ether oxygens (including phenoxy) is 3. The molecule has 0 aliphatic carbocycles. The molecule has 0 bridgehead atoms. The number of urea groups is 1. The minimum atomic E-state index is -1.11. The maximum atomic E-state index is 12.6. The Balaban J connectivity index is 0.925. The zero-order valence-corrected chi connectivity index (χ0v) is 28.2. The van der Waals surface area contributed by atoms with Crippen LogP contribution in [0.1, 0.15) is 12.5 Å². The van der Waals surface area contributed by atoms with Crippen molar-refractivity contribution in [2.75, 3.05) is 61.1 Å². The minimum absolute atomic E-state index is 0.204. The molecule has 1 aromatic heterocycles. The van der Waals surface area contributed by atoms with Gasteiger partial charge in [-0.2, -0.15) is 0 Å². The average Bonchev–Trinajstić information content (AvgIpc) is 3.81. The number of halogens is 2. The van der Waals surface area contributed by atoms with Gasteiger partial charge in [-0.1, -0.05) is 29.3 Å². The highest BCUT2D eigenvalue weighted by Gasteiger charge is 2.45. The van der Waals surface area contributed by atoms with Gasteiger partial charge in [0.15, 0.2) is 0 Å². The molecular formula is C35H36Cl2N6O5. The normalized spacial score (nSPS) is 23.0. The number of benzene rings is 3. The number of hydrogen-bond acceptors (Lipinski definition) is 8. The molecule has 3 saturated heterocycles. The lowest BCUT2D eigenvalue weighted by Gasteiger charge is -2.37. The van der Waals surface area contributed by atoms with E-state index in [1.165, 1.54) is 9.80 Å². The van der Waals surface area contributed by atoms with Crippen LogP contribution >= 0.6 is 23.2 Å². The van der Waals surface area contributed by atoms with Gasteiger partial charge in [0.05, 0.1) is 30.2 Å². The molecule has 3 atom stereocenters. The predicted molar refractivity (Wildman–Crippen MR) is 184 cm³/mol. The van der Waals surface area contributed by atoms with Crippen LogP contribution in [0.25, 0.3) is 0 Å². The maximum absolute atomic E-state index is 12.6. The lowest BCUT2D eigenvalue weighted by atomic mass is 10.1. The van der Waals surface area contributed by atoms with Crippen molar-refractivity contribution in [1.82, 2.24) is 14.5 Å². The second kappa shape index (κ2) is 13.3. The Morgan fingerprint density at radius 1 is 0.917 bits per heavy atom. The van der Waals surface area contributed by atoms with Crippen molar-refractivity contribution < 1.29 is 23.8 Å². The summed E-state index contributed by atoms with van der Waals surface area (Å²) in [4.78, 5) is 36.6. The van der Waals surface area contributed by atoms with Gasteiger partial charge in [0.25, 0.3) is 5.91 Å². The van der Waals surface area contributed by atoms with E-state index in [2.05, 4.69) is 26.9 Å². The molecule has 250 valence electrons. The fraction of sp³-hybridized carbons (Fsp3) is 0.343. The molecule has 3 fully saturated rings. The van der Waals surface area contributed by atoms with Crippen molar-refractivity contribution in [3.63, 3.8) is 0 Å². The summed E-state index contributed by atoms with van der Waals surface area (Å²) in [7, 11) is 1.65. The molecule has 3 aromatic carbocycles. The van der Waals surface area contributed by atoms with Gasteiger partial charge >= 0.3 is 6.03 Å². The summed E-state index contributed by atoms with van der Waals surface area (Å²) >= 11 is 12.8. The standard InChI is InChI=1S/C35H36Cl2N6O5/c1-24-33(44)43(34(45)39(24)2)28-6-4-26(5-7-28)41-15-17-42(18-16-41)27-8-10-29(11-9-27)46-20-30-21-47-35(48-30,22-40-14-13-38-23-40)31-12-3-25(36)19-32(31)37/h3-14,19,23-24,30H,15-18,20-22H2,1-2H3/t24?,30-,35-/m1/s1. The van der Waals surface area contributed by atoms with E-state index in [9.17, 15) is 9.59 Å². The monoisotopic (exact) mass is 690 g/mol. The molecule has 0 radical (unpaired) electrons. The maximum Gasteiger partial charge on any atom is 0.331 e. The molecule has 1 unspecified atom stereocenters. The van der Waals surface area contributed by atoms with E-state index in [0.717, 1.165) is 43.3 Å². The number of carbonyl (C=O) groups excluding carboxylic acids is 2. The van der Waals surface area contributed by atoms with E-state index < -0.39 is 11.8 Å². The van der Waals surface area contributed by atoms with Gasteiger partial charge in [-0.25, -0.2) is 14.7 Å². The molecule has 3 aliphatic rings. The molecule has 0 saturated carbocycles. The summed E-state index contributed by atoms with van der Waals surface area (Å²) in [6.07, 6.45) is 4.95. The molecule has 48 heavy (non-hydrogen) atoms. The van der Waals surface area contributed by atoms with Gasteiger partial charge < -0.3 is 33.5 Å². The number of carbonyl (C=O) groups is 2. The highest BCUT2D eigenvalue weighted by Crippen LogP contribution is 2.40. The van der Waals surface area contributed by atoms with E-state index in [-0.39, 0.29) is 18.0 Å². The average molecular weight is 692 g/mol. The molecule has 3 amide bonds. The second-order valence-corrected chi connectivity index (χ2v) is 13.0. The molecule has 4 aromatic rings. The third-order valence-corrected chi connectivity index (χ3v) is 9.74. The summed E-state index contributed by atoms with van der Waals surface area (Å²) in [5.41, 5.74) is 3.48. The Labute approximate surface area is 289 Å². The fourth-order valence-electron chi connectivity index (χ4n) is 6.36. The minimum Gasteiger partial charge on any atom is -0.491 e. The Kier molecular flexibility index (Phi) is 8.95. The van der Waals surface area contributed by atoms with Crippen LogP contribution in [0.4, 0.5) is 21.9 Å². The molecule has 7 rings (SSSR count). The van der Waals surface area contributed by atoms with E-state index in [1.54, 1.807) is 38.6 Å². The first-order chi connectivity index (χ1) is 23.2.